The third-order valence-electron chi connectivity index (χ3n) is 6.07. The molecule has 4 N–H and O–H groups in total. The van der Waals surface area contributed by atoms with Gasteiger partial charge >= 0.3 is 11.9 Å². The summed E-state index contributed by atoms with van der Waals surface area (Å²) in [6.07, 6.45) is 3.84. The zero-order valence-corrected chi connectivity index (χ0v) is 21.3. The standard InChI is InChI=1S/C27H21N7O7/c1-2-3-23(35)16-8-17(19-12-33(31-29-19)21-6-4-14(26(38)39)10-24(21)36)28-18(9-16)20-13-34(32-30-20)22-7-5-15(27(40)41)11-25(22)37/h4-13,36-37H,2-3H2,1H3,(H,38,39)(H,40,41). The van der Waals surface area contributed by atoms with Gasteiger partial charge in [0.1, 0.15) is 34.3 Å². The number of benzene rings is 2. The molecule has 41 heavy (non-hydrogen) atoms. The summed E-state index contributed by atoms with van der Waals surface area (Å²) in [5.41, 5.74) is 1.59. The summed E-state index contributed by atoms with van der Waals surface area (Å²) < 4.78 is 2.50. The fourth-order valence-electron chi connectivity index (χ4n) is 4.02. The van der Waals surface area contributed by atoms with Crippen molar-refractivity contribution < 1.29 is 34.8 Å². The molecular formula is C27H21N7O7. The highest BCUT2D eigenvalue weighted by molar-refractivity contribution is 5.97. The van der Waals surface area contributed by atoms with Crippen molar-refractivity contribution in [1.29, 1.82) is 0 Å². The lowest BCUT2D eigenvalue weighted by atomic mass is 10.0. The molecule has 0 fully saturated rings. The molecule has 0 saturated carbocycles. The molecule has 3 aromatic heterocycles. The highest BCUT2D eigenvalue weighted by atomic mass is 16.4. The van der Waals surface area contributed by atoms with Crippen LogP contribution in [-0.4, -0.2) is 73.1 Å². The van der Waals surface area contributed by atoms with Gasteiger partial charge in [-0.3, -0.25) is 4.79 Å². The summed E-state index contributed by atoms with van der Waals surface area (Å²) >= 11 is 0. The minimum absolute atomic E-state index is 0.0979. The number of carbonyl (C=O) groups excluding carboxylic acids is 1. The topological polar surface area (TPSA) is 206 Å². The van der Waals surface area contributed by atoms with Crippen LogP contribution in [0.15, 0.2) is 60.9 Å². The van der Waals surface area contributed by atoms with Crippen LogP contribution in [0.1, 0.15) is 50.8 Å². The number of ketones is 1. The van der Waals surface area contributed by atoms with Gasteiger partial charge in [-0.1, -0.05) is 17.4 Å². The van der Waals surface area contributed by atoms with Crippen LogP contribution in [0.5, 0.6) is 11.5 Å². The first-order valence-corrected chi connectivity index (χ1v) is 12.2. The van der Waals surface area contributed by atoms with Crippen molar-refractivity contribution >= 4 is 17.7 Å². The molecule has 5 rings (SSSR count). The highest BCUT2D eigenvalue weighted by Gasteiger charge is 2.18. The predicted molar refractivity (Wildman–Crippen MR) is 141 cm³/mol. The molecule has 0 aliphatic carbocycles. The quantitative estimate of drug-likeness (QED) is 0.193. The van der Waals surface area contributed by atoms with E-state index < -0.39 is 11.9 Å². The van der Waals surface area contributed by atoms with E-state index in [0.717, 1.165) is 12.1 Å². The highest BCUT2D eigenvalue weighted by Crippen LogP contribution is 2.28. The molecule has 5 aromatic rings. The third-order valence-corrected chi connectivity index (χ3v) is 6.07. The number of rotatable bonds is 9. The Bertz CT molecular complexity index is 1710. The monoisotopic (exact) mass is 555 g/mol. The van der Waals surface area contributed by atoms with E-state index in [-0.39, 0.29) is 69.0 Å². The van der Waals surface area contributed by atoms with Gasteiger partial charge in [0.25, 0.3) is 0 Å². The van der Waals surface area contributed by atoms with Crippen molar-refractivity contribution in [2.24, 2.45) is 0 Å². The molecule has 0 atom stereocenters. The zero-order valence-electron chi connectivity index (χ0n) is 21.3. The zero-order chi connectivity index (χ0) is 29.3. The van der Waals surface area contributed by atoms with Gasteiger partial charge in [-0.25, -0.2) is 23.9 Å². The van der Waals surface area contributed by atoms with Crippen molar-refractivity contribution in [1.82, 2.24) is 35.0 Å². The lowest BCUT2D eigenvalue weighted by molar-refractivity contribution is 0.0685. The lowest BCUT2D eigenvalue weighted by Crippen LogP contribution is -2.01. The fraction of sp³-hybridized carbons (Fsp3) is 0.111. The summed E-state index contributed by atoms with van der Waals surface area (Å²) in [5, 5.41) is 55.2. The number of pyridine rings is 1. The third kappa shape index (κ3) is 5.34. The van der Waals surface area contributed by atoms with Gasteiger partial charge in [0, 0.05) is 12.0 Å². The molecular weight excluding hydrogens is 534 g/mol. The van der Waals surface area contributed by atoms with Crippen LogP contribution < -0.4 is 0 Å². The normalized spacial score (nSPS) is 11.0. The lowest BCUT2D eigenvalue weighted by Gasteiger charge is -2.06. The van der Waals surface area contributed by atoms with Crippen LogP contribution >= 0.6 is 0 Å². The van der Waals surface area contributed by atoms with Crippen molar-refractivity contribution in [3.63, 3.8) is 0 Å². The van der Waals surface area contributed by atoms with E-state index in [4.69, 9.17) is 10.2 Å². The summed E-state index contributed by atoms with van der Waals surface area (Å²) in [7, 11) is 0. The van der Waals surface area contributed by atoms with Crippen molar-refractivity contribution in [3.05, 3.63) is 77.6 Å². The molecule has 0 aliphatic rings. The molecule has 0 spiro atoms. The number of carbonyl (C=O) groups is 3. The molecule has 14 heteroatoms. The molecule has 0 radical (unpaired) electrons. The Morgan fingerprint density at radius 2 is 1.15 bits per heavy atom. The number of aromatic nitrogens is 7. The molecule has 0 bridgehead atoms. The Hall–Kier alpha value is -5.92. The Morgan fingerprint density at radius 3 is 1.54 bits per heavy atom. The summed E-state index contributed by atoms with van der Waals surface area (Å²) in [5.74, 6) is -3.17. The largest absolute Gasteiger partial charge is 0.506 e. The smallest absolute Gasteiger partial charge is 0.335 e. The Labute approximate surface area is 230 Å². The maximum absolute atomic E-state index is 12.9. The van der Waals surface area contributed by atoms with E-state index >= 15 is 0 Å². The minimum Gasteiger partial charge on any atom is -0.506 e. The average Bonchev–Trinajstić information content (AvgIpc) is 3.63. The molecule has 0 amide bonds. The van der Waals surface area contributed by atoms with Gasteiger partial charge in [-0.05, 0) is 55.0 Å². The Morgan fingerprint density at radius 1 is 0.683 bits per heavy atom. The maximum atomic E-state index is 12.9. The summed E-state index contributed by atoms with van der Waals surface area (Å²) in [6, 6.07) is 10.7. The van der Waals surface area contributed by atoms with Crippen molar-refractivity contribution in [3.8, 4) is 45.6 Å². The van der Waals surface area contributed by atoms with Gasteiger partial charge in [-0.2, -0.15) is 0 Å². The first-order valence-electron chi connectivity index (χ1n) is 12.2. The first kappa shape index (κ1) is 26.7. The Kier molecular flexibility index (Phi) is 6.95. The van der Waals surface area contributed by atoms with Gasteiger partial charge in [0.05, 0.1) is 34.9 Å². The van der Waals surface area contributed by atoms with Crippen LogP contribution in [0, 0.1) is 0 Å². The van der Waals surface area contributed by atoms with E-state index in [1.165, 1.54) is 46.0 Å². The van der Waals surface area contributed by atoms with Gasteiger partial charge in [0.15, 0.2) is 5.78 Å². The second kappa shape index (κ2) is 10.7. The molecule has 206 valence electrons. The predicted octanol–water partition coefficient (Wildman–Crippen LogP) is 3.37. The molecule has 0 unspecified atom stereocenters. The molecule has 0 aliphatic heterocycles. The second-order valence-corrected chi connectivity index (χ2v) is 8.91. The van der Waals surface area contributed by atoms with Crippen LogP contribution in [0.2, 0.25) is 0 Å². The van der Waals surface area contributed by atoms with Crippen molar-refractivity contribution in [2.75, 3.05) is 0 Å². The maximum Gasteiger partial charge on any atom is 0.335 e. The fourth-order valence-corrected chi connectivity index (χ4v) is 4.02. The minimum atomic E-state index is -1.19. The van der Waals surface area contributed by atoms with E-state index in [9.17, 15) is 24.6 Å². The molecule has 0 saturated heterocycles. The van der Waals surface area contributed by atoms with Gasteiger partial charge in [0.2, 0.25) is 0 Å². The number of aromatic hydroxyl groups is 2. The number of hydrogen-bond donors (Lipinski definition) is 4. The Balaban J connectivity index is 1.54. The number of phenolic OH excluding ortho intramolecular Hbond substituents is 2. The van der Waals surface area contributed by atoms with Crippen LogP contribution in [0.25, 0.3) is 34.2 Å². The number of phenols is 2. The molecule has 14 nitrogen and oxygen atoms in total. The number of nitrogens with zero attached hydrogens (tertiary/aromatic N) is 7. The van der Waals surface area contributed by atoms with E-state index in [1.807, 2.05) is 6.92 Å². The summed E-state index contributed by atoms with van der Waals surface area (Å²) in [6.45, 7) is 1.88. The molecule has 3 heterocycles. The molecule has 2 aromatic carbocycles. The first-order chi connectivity index (χ1) is 19.6. The summed E-state index contributed by atoms with van der Waals surface area (Å²) in [4.78, 5) is 39.8. The van der Waals surface area contributed by atoms with E-state index in [1.54, 1.807) is 12.1 Å². The average molecular weight is 556 g/mol. The number of aromatic carboxylic acids is 2. The van der Waals surface area contributed by atoms with E-state index in [0.29, 0.717) is 12.0 Å². The SMILES string of the molecule is CCCC(=O)c1cc(-c2cn(-c3ccc(C(=O)O)cc3O)nn2)nc(-c2cn(-c3ccc(C(=O)O)cc3O)nn2)c1. The number of Topliss-reactive ketones (excluding diaryl/α,β-unsaturated/α-hetero) is 1. The van der Waals surface area contributed by atoms with Gasteiger partial charge in [-0.15, -0.1) is 10.2 Å². The van der Waals surface area contributed by atoms with Crippen LogP contribution in [0.4, 0.5) is 0 Å². The second-order valence-electron chi connectivity index (χ2n) is 8.91. The van der Waals surface area contributed by atoms with Crippen LogP contribution in [0.3, 0.4) is 0 Å². The number of carboxylic acids is 2. The van der Waals surface area contributed by atoms with Crippen LogP contribution in [-0.2, 0) is 0 Å². The van der Waals surface area contributed by atoms with Crippen molar-refractivity contribution in [2.45, 2.75) is 19.8 Å². The number of carboxylic acid groups (broad SMARTS) is 2. The number of hydrogen-bond acceptors (Lipinski definition) is 10. The van der Waals surface area contributed by atoms with E-state index in [2.05, 4.69) is 25.6 Å². The van der Waals surface area contributed by atoms with Gasteiger partial charge < -0.3 is 20.4 Å².